The van der Waals surface area contributed by atoms with Crippen LogP contribution in [0.4, 0.5) is 15.2 Å². The molecule has 0 fully saturated rings. The molecule has 0 saturated heterocycles. The molecule has 5 rings (SSSR count). The quantitative estimate of drug-likeness (QED) is 0.352. The second-order valence-corrected chi connectivity index (χ2v) is 11.3. The SMILES string of the molecule is COc1ccc(C2C(C#N)=C(N)N(c3nnc(SCC(=O)Nc4ccc(F)cc4)s3)C3=C2C(=O)CCC3)c(OC)c1. The number of nitrogens with zero attached hydrogens (tertiary/aromatic N) is 4. The van der Waals surface area contributed by atoms with Crippen LogP contribution < -0.4 is 25.4 Å². The summed E-state index contributed by atoms with van der Waals surface area (Å²) in [4.78, 5) is 27.4. The van der Waals surface area contributed by atoms with Crippen molar-refractivity contribution in [1.82, 2.24) is 10.2 Å². The van der Waals surface area contributed by atoms with Crippen LogP contribution in [0.1, 0.15) is 30.7 Å². The monoisotopic (exact) mass is 592 g/mol. The number of halogens is 1. The molecule has 1 unspecified atom stereocenters. The Kier molecular flexibility index (Phi) is 8.23. The average Bonchev–Trinajstić information content (AvgIpc) is 3.45. The number of methoxy groups -OCH3 is 2. The van der Waals surface area contributed by atoms with Gasteiger partial charge in [-0.05, 0) is 43.2 Å². The predicted octanol–water partition coefficient (Wildman–Crippen LogP) is 4.73. The van der Waals surface area contributed by atoms with Crippen LogP contribution in [0.25, 0.3) is 0 Å². The Morgan fingerprint density at radius 3 is 2.71 bits per heavy atom. The van der Waals surface area contributed by atoms with Gasteiger partial charge in [-0.2, -0.15) is 5.26 Å². The molecule has 210 valence electrons. The molecule has 1 aliphatic heterocycles. The molecule has 1 aliphatic carbocycles. The minimum absolute atomic E-state index is 0.0482. The van der Waals surface area contributed by atoms with Gasteiger partial charge in [0.2, 0.25) is 11.0 Å². The molecule has 0 spiro atoms. The summed E-state index contributed by atoms with van der Waals surface area (Å²) in [6.45, 7) is 0. The zero-order valence-corrected chi connectivity index (χ0v) is 23.8. The second-order valence-electron chi connectivity index (χ2n) is 9.12. The number of ether oxygens (including phenoxy) is 2. The minimum atomic E-state index is -0.711. The molecule has 0 radical (unpaired) electrons. The molecule has 1 amide bonds. The van der Waals surface area contributed by atoms with Crippen LogP contribution in [-0.2, 0) is 9.59 Å². The number of hydrogen-bond donors (Lipinski definition) is 2. The van der Waals surface area contributed by atoms with E-state index in [1.165, 1.54) is 54.5 Å². The van der Waals surface area contributed by atoms with E-state index in [9.17, 15) is 19.2 Å². The van der Waals surface area contributed by atoms with Crippen molar-refractivity contribution in [3.8, 4) is 17.6 Å². The molecule has 1 aromatic heterocycles. The number of amides is 1. The molecule has 3 aromatic rings. The van der Waals surface area contributed by atoms with Gasteiger partial charge in [-0.1, -0.05) is 29.2 Å². The zero-order chi connectivity index (χ0) is 29.1. The smallest absolute Gasteiger partial charge is 0.234 e. The molecule has 0 bridgehead atoms. The molecule has 41 heavy (non-hydrogen) atoms. The molecule has 13 heteroatoms. The molecular formula is C28H25FN6O4S2. The van der Waals surface area contributed by atoms with Crippen LogP contribution in [-0.4, -0.2) is 41.9 Å². The van der Waals surface area contributed by atoms with Crippen molar-refractivity contribution in [3.63, 3.8) is 0 Å². The van der Waals surface area contributed by atoms with Crippen molar-refractivity contribution in [2.45, 2.75) is 29.5 Å². The van der Waals surface area contributed by atoms with Gasteiger partial charge < -0.3 is 20.5 Å². The lowest BCUT2D eigenvalue weighted by Crippen LogP contribution is -2.38. The third-order valence-corrected chi connectivity index (χ3v) is 8.75. The van der Waals surface area contributed by atoms with E-state index >= 15 is 0 Å². The third-order valence-electron chi connectivity index (χ3n) is 6.71. The highest BCUT2D eigenvalue weighted by atomic mass is 32.2. The van der Waals surface area contributed by atoms with Crippen molar-refractivity contribution in [3.05, 3.63) is 76.5 Å². The maximum atomic E-state index is 13.4. The van der Waals surface area contributed by atoms with E-state index in [1.807, 2.05) is 0 Å². The number of rotatable bonds is 8. The second kappa shape index (κ2) is 12.0. The van der Waals surface area contributed by atoms with Crippen LogP contribution in [0.3, 0.4) is 0 Å². The van der Waals surface area contributed by atoms with Crippen LogP contribution in [0.5, 0.6) is 11.5 Å². The normalized spacial score (nSPS) is 16.8. The van der Waals surface area contributed by atoms with Gasteiger partial charge in [0.25, 0.3) is 0 Å². The van der Waals surface area contributed by atoms with Crippen molar-refractivity contribution < 1.29 is 23.5 Å². The van der Waals surface area contributed by atoms with Crippen molar-refractivity contribution in [2.75, 3.05) is 30.2 Å². The van der Waals surface area contributed by atoms with Crippen molar-refractivity contribution >= 4 is 45.6 Å². The number of Topliss-reactive ketones (excluding diaryl/α,β-unsaturated/α-hetero) is 1. The van der Waals surface area contributed by atoms with Gasteiger partial charge in [0.15, 0.2) is 10.1 Å². The molecule has 3 N–H and O–H groups in total. The van der Waals surface area contributed by atoms with Gasteiger partial charge in [-0.3, -0.25) is 14.5 Å². The van der Waals surface area contributed by atoms with Gasteiger partial charge >= 0.3 is 0 Å². The average molecular weight is 593 g/mol. The van der Waals surface area contributed by atoms with Crippen LogP contribution in [0.2, 0.25) is 0 Å². The highest BCUT2D eigenvalue weighted by molar-refractivity contribution is 8.01. The summed E-state index contributed by atoms with van der Waals surface area (Å²) >= 11 is 2.38. The summed E-state index contributed by atoms with van der Waals surface area (Å²) < 4.78 is 24.6. The molecular weight excluding hydrogens is 567 g/mol. The lowest BCUT2D eigenvalue weighted by Gasteiger charge is -2.38. The number of thioether (sulfide) groups is 1. The first-order valence-corrected chi connectivity index (χ1v) is 14.3. The Balaban J connectivity index is 1.45. The van der Waals surface area contributed by atoms with Gasteiger partial charge in [-0.15, -0.1) is 10.2 Å². The first kappa shape index (κ1) is 28.1. The molecule has 0 saturated carbocycles. The summed E-state index contributed by atoms with van der Waals surface area (Å²) in [5, 5.41) is 21.9. The Morgan fingerprint density at radius 1 is 1.22 bits per heavy atom. The fraction of sp³-hybridized carbons (Fsp3) is 0.250. The lowest BCUT2D eigenvalue weighted by molar-refractivity contribution is -0.116. The van der Waals surface area contributed by atoms with Gasteiger partial charge in [0.05, 0.1) is 37.5 Å². The number of nitrogens with one attached hydrogen (secondary N) is 1. The maximum absolute atomic E-state index is 13.4. The number of anilines is 2. The Morgan fingerprint density at radius 2 is 2.00 bits per heavy atom. The summed E-state index contributed by atoms with van der Waals surface area (Å²) in [5.41, 5.74) is 9.10. The van der Waals surface area contributed by atoms with Crippen LogP contribution in [0, 0.1) is 17.1 Å². The first-order chi connectivity index (χ1) is 19.8. The van der Waals surface area contributed by atoms with Gasteiger partial charge in [0, 0.05) is 35.0 Å². The topological polar surface area (TPSA) is 143 Å². The van der Waals surface area contributed by atoms with Crippen LogP contribution >= 0.6 is 23.1 Å². The maximum Gasteiger partial charge on any atom is 0.234 e. The Bertz CT molecular complexity index is 1610. The van der Waals surface area contributed by atoms with Gasteiger partial charge in [-0.25, -0.2) is 4.39 Å². The fourth-order valence-electron chi connectivity index (χ4n) is 4.88. The van der Waals surface area contributed by atoms with Gasteiger partial charge in [0.1, 0.15) is 23.1 Å². The fourth-order valence-corrected chi connectivity index (χ4v) is 6.56. The van der Waals surface area contributed by atoms with Crippen molar-refractivity contribution in [1.29, 1.82) is 5.26 Å². The molecule has 2 heterocycles. The van der Waals surface area contributed by atoms with E-state index in [-0.39, 0.29) is 28.8 Å². The summed E-state index contributed by atoms with van der Waals surface area (Å²) in [6.07, 6.45) is 1.53. The minimum Gasteiger partial charge on any atom is -0.497 e. The first-order valence-electron chi connectivity index (χ1n) is 12.5. The van der Waals surface area contributed by atoms with Crippen molar-refractivity contribution in [2.24, 2.45) is 5.73 Å². The summed E-state index contributed by atoms with van der Waals surface area (Å²) in [6, 6.07) is 13.0. The predicted molar refractivity (Wildman–Crippen MR) is 153 cm³/mol. The van der Waals surface area contributed by atoms with Crippen LogP contribution in [0.15, 0.2) is 69.5 Å². The number of carbonyl (C=O) groups excluding carboxylic acids is 2. The van der Waals surface area contributed by atoms with E-state index < -0.39 is 11.7 Å². The van der Waals surface area contributed by atoms with E-state index in [0.29, 0.717) is 62.8 Å². The Labute approximate surface area is 243 Å². The number of nitrogens with two attached hydrogens (primary N) is 1. The number of benzene rings is 2. The largest absolute Gasteiger partial charge is 0.497 e. The number of nitriles is 1. The third kappa shape index (κ3) is 5.61. The molecule has 10 nitrogen and oxygen atoms in total. The molecule has 2 aromatic carbocycles. The van der Waals surface area contributed by atoms with E-state index in [1.54, 1.807) is 30.2 Å². The van der Waals surface area contributed by atoms with E-state index in [2.05, 4.69) is 21.6 Å². The molecule has 1 atom stereocenters. The number of carbonyl (C=O) groups is 2. The Hall–Kier alpha value is -4.41. The standard InChI is InChI=1S/C28H25FN6O4S2/c1-38-17-10-11-18(22(12-17)39-2)24-19(13-30)26(31)35(20-4-3-5-21(36)25(20)24)27-33-34-28(41-27)40-14-23(37)32-16-8-6-15(29)7-9-16/h6-12,24H,3-5,14,31H2,1-2H3,(H,32,37). The number of aromatic nitrogens is 2. The lowest BCUT2D eigenvalue weighted by atomic mass is 9.75. The highest BCUT2D eigenvalue weighted by Gasteiger charge is 2.42. The van der Waals surface area contributed by atoms with E-state index in [0.717, 1.165) is 0 Å². The summed E-state index contributed by atoms with van der Waals surface area (Å²) in [5.74, 6) is -0.209. The zero-order valence-electron chi connectivity index (χ0n) is 22.1. The number of allylic oxidation sites excluding steroid dienone is 3. The number of hydrogen-bond acceptors (Lipinski definition) is 11. The highest BCUT2D eigenvalue weighted by Crippen LogP contribution is 2.49. The molecule has 2 aliphatic rings. The number of ketones is 1. The summed E-state index contributed by atoms with van der Waals surface area (Å²) in [7, 11) is 3.06. The van der Waals surface area contributed by atoms with E-state index in [4.69, 9.17) is 15.2 Å².